The van der Waals surface area contributed by atoms with E-state index in [0.717, 1.165) is 11.1 Å². The minimum absolute atomic E-state index is 0.354. The van der Waals surface area contributed by atoms with Crippen molar-refractivity contribution in [1.82, 2.24) is 0 Å². The first-order chi connectivity index (χ1) is 4.70. The molecule has 0 radical (unpaired) electrons. The lowest BCUT2D eigenvalue weighted by atomic mass is 10.2. The maximum atomic E-state index is 10.8. The van der Waals surface area contributed by atoms with Crippen LogP contribution in [0.3, 0.4) is 0 Å². The van der Waals surface area contributed by atoms with Crippen LogP contribution in [0.15, 0.2) is 13.6 Å². The molecule has 2 aromatic heterocycles. The van der Waals surface area contributed by atoms with E-state index < -0.39 is 0 Å². The summed E-state index contributed by atoms with van der Waals surface area (Å²) in [5.74, 6) is 0.359. The lowest BCUT2D eigenvalue weighted by Crippen LogP contribution is -1.95. The highest BCUT2D eigenvalue weighted by Crippen LogP contribution is 2.22. The Morgan fingerprint density at radius 1 is 1.10 bits per heavy atom. The van der Waals surface area contributed by atoms with E-state index in [4.69, 9.17) is 8.83 Å². The molecule has 3 heteroatoms. The van der Waals surface area contributed by atoms with Gasteiger partial charge >= 0.3 is 5.63 Å². The average Bonchev–Trinajstić information content (AvgIpc) is 2.36. The Morgan fingerprint density at radius 3 is 2.20 bits per heavy atom. The monoisotopic (exact) mass is 138 g/mol. The van der Waals surface area contributed by atoms with Crippen LogP contribution in [-0.2, 0) is 0 Å². The van der Waals surface area contributed by atoms with Gasteiger partial charge in [0, 0.05) is 11.1 Å². The van der Waals surface area contributed by atoms with E-state index in [2.05, 4.69) is 0 Å². The van der Waals surface area contributed by atoms with Gasteiger partial charge in [-0.3, -0.25) is 0 Å². The smallest absolute Gasteiger partial charge is 0.382 e. The second-order valence-electron chi connectivity index (χ2n) is 2.36. The zero-order chi connectivity index (χ0) is 7.30. The molecule has 0 unspecified atom stereocenters. The minimum Gasteiger partial charge on any atom is -0.418 e. The Morgan fingerprint density at radius 2 is 1.80 bits per heavy atom. The fourth-order valence-corrected chi connectivity index (χ4v) is 0.992. The van der Waals surface area contributed by atoms with Crippen molar-refractivity contribution in [2.45, 2.75) is 13.8 Å². The molecule has 0 fully saturated rings. The Hall–Kier alpha value is -1.25. The summed E-state index contributed by atoms with van der Waals surface area (Å²) in [6.07, 6.45) is 0. The normalized spacial score (nSPS) is 11.4. The molecule has 0 saturated carbocycles. The molecule has 0 aliphatic rings. The molecule has 0 spiro atoms. The van der Waals surface area contributed by atoms with Crippen molar-refractivity contribution in [3.8, 4) is 0 Å². The van der Waals surface area contributed by atoms with Gasteiger partial charge in [-0.1, -0.05) is 0 Å². The van der Waals surface area contributed by atoms with E-state index in [9.17, 15) is 4.79 Å². The standard InChI is InChI=1S/C7H6O3/c1-3-4(2)7-9-5(3)6(8)10-7/h1-2H3. The predicted octanol–water partition coefficient (Wildman–Crippen LogP) is 1.44. The molecule has 0 aliphatic carbocycles. The van der Waals surface area contributed by atoms with Crippen molar-refractivity contribution in [2.75, 3.05) is 0 Å². The highest BCUT2D eigenvalue weighted by Gasteiger charge is 2.15. The van der Waals surface area contributed by atoms with Crippen LogP contribution in [-0.4, -0.2) is 0 Å². The third kappa shape index (κ3) is 0.431. The molecule has 3 nitrogen and oxygen atoms in total. The second kappa shape index (κ2) is 1.42. The zero-order valence-corrected chi connectivity index (χ0v) is 5.72. The number of hydrogen-bond acceptors (Lipinski definition) is 3. The molecular formula is C7H6O3. The molecule has 2 rings (SSSR count). The summed E-state index contributed by atoms with van der Waals surface area (Å²) in [7, 11) is 0. The molecule has 52 valence electrons. The van der Waals surface area contributed by atoms with E-state index in [1.54, 1.807) is 0 Å². The van der Waals surface area contributed by atoms with Gasteiger partial charge in [0.05, 0.1) is 0 Å². The summed E-state index contributed by atoms with van der Waals surface area (Å²) in [5, 5.41) is 0. The molecule has 0 atom stereocenters. The van der Waals surface area contributed by atoms with Gasteiger partial charge < -0.3 is 8.83 Å². The van der Waals surface area contributed by atoms with Crippen LogP contribution in [0.5, 0.6) is 0 Å². The molecule has 2 heterocycles. The quantitative estimate of drug-likeness (QED) is 0.553. The number of fused-ring (bicyclic) bond motifs is 2. The van der Waals surface area contributed by atoms with Crippen LogP contribution in [0.2, 0.25) is 0 Å². The lowest BCUT2D eigenvalue weighted by molar-refractivity contribution is 0.516. The van der Waals surface area contributed by atoms with E-state index in [-0.39, 0.29) is 5.63 Å². The average molecular weight is 138 g/mol. The Bertz CT molecular complexity index is 407. The molecular weight excluding hydrogens is 132 g/mol. The van der Waals surface area contributed by atoms with Gasteiger partial charge in [-0.05, 0) is 13.8 Å². The fourth-order valence-electron chi connectivity index (χ4n) is 0.992. The molecule has 0 saturated heterocycles. The number of aryl methyl sites for hydroxylation is 2. The van der Waals surface area contributed by atoms with Crippen molar-refractivity contribution in [2.24, 2.45) is 0 Å². The number of hydrogen-bond donors (Lipinski definition) is 0. The highest BCUT2D eigenvalue weighted by molar-refractivity contribution is 5.62. The summed E-state index contributed by atoms with van der Waals surface area (Å²) in [6.45, 7) is 3.71. The first kappa shape index (κ1) is 5.53. The van der Waals surface area contributed by atoms with Crippen LogP contribution in [0, 0.1) is 13.8 Å². The maximum Gasteiger partial charge on any atom is 0.382 e. The van der Waals surface area contributed by atoms with Crippen molar-refractivity contribution >= 4 is 11.4 Å². The van der Waals surface area contributed by atoms with E-state index in [1.165, 1.54) is 0 Å². The third-order valence-corrected chi connectivity index (χ3v) is 1.77. The SMILES string of the molecule is Cc1c(C)c2oc1oc2=O. The minimum atomic E-state index is -0.363. The van der Waals surface area contributed by atoms with Crippen molar-refractivity contribution < 1.29 is 8.83 Å². The largest absolute Gasteiger partial charge is 0.418 e. The first-order valence-corrected chi connectivity index (χ1v) is 3.02. The Labute approximate surface area is 56.6 Å². The highest BCUT2D eigenvalue weighted by atomic mass is 16.5. The van der Waals surface area contributed by atoms with Crippen molar-refractivity contribution in [3.05, 3.63) is 21.5 Å². The second-order valence-corrected chi connectivity index (χ2v) is 2.36. The van der Waals surface area contributed by atoms with Crippen molar-refractivity contribution in [1.29, 1.82) is 0 Å². The van der Waals surface area contributed by atoms with E-state index in [1.807, 2.05) is 13.8 Å². The molecule has 2 aromatic rings. The summed E-state index contributed by atoms with van der Waals surface area (Å²) in [4.78, 5) is 10.8. The van der Waals surface area contributed by atoms with E-state index >= 15 is 0 Å². The van der Waals surface area contributed by atoms with E-state index in [0.29, 0.717) is 11.4 Å². The fraction of sp³-hybridized carbons (Fsp3) is 0.286. The van der Waals surface area contributed by atoms with Gasteiger partial charge in [0.1, 0.15) is 0 Å². The van der Waals surface area contributed by atoms with Crippen molar-refractivity contribution in [3.63, 3.8) is 0 Å². The summed E-state index contributed by atoms with van der Waals surface area (Å²) in [5.41, 5.74) is 1.81. The predicted molar refractivity (Wildman–Crippen MR) is 35.4 cm³/mol. The summed E-state index contributed by atoms with van der Waals surface area (Å²) < 4.78 is 9.70. The summed E-state index contributed by atoms with van der Waals surface area (Å²) >= 11 is 0. The topological polar surface area (TPSA) is 43.4 Å². The molecule has 0 aromatic carbocycles. The zero-order valence-electron chi connectivity index (χ0n) is 5.72. The van der Waals surface area contributed by atoms with Crippen LogP contribution in [0.25, 0.3) is 11.4 Å². The Kier molecular flexibility index (Phi) is 0.787. The van der Waals surface area contributed by atoms with Gasteiger partial charge in [0.2, 0.25) is 5.58 Å². The molecule has 0 amide bonds. The van der Waals surface area contributed by atoms with Crippen LogP contribution in [0.1, 0.15) is 11.1 Å². The lowest BCUT2D eigenvalue weighted by Gasteiger charge is -1.85. The van der Waals surface area contributed by atoms with Crippen LogP contribution in [0.4, 0.5) is 0 Å². The third-order valence-electron chi connectivity index (χ3n) is 1.77. The maximum absolute atomic E-state index is 10.8. The Balaban J connectivity index is 3.09. The van der Waals surface area contributed by atoms with Gasteiger partial charge in [-0.2, -0.15) is 0 Å². The molecule has 0 aliphatic heterocycles. The van der Waals surface area contributed by atoms with Gasteiger partial charge in [0.15, 0.2) is 0 Å². The van der Waals surface area contributed by atoms with Crippen LogP contribution >= 0.6 is 0 Å². The first-order valence-electron chi connectivity index (χ1n) is 3.02. The van der Waals surface area contributed by atoms with Gasteiger partial charge in [-0.25, -0.2) is 4.79 Å². The number of furan rings is 1. The van der Waals surface area contributed by atoms with Gasteiger partial charge in [0.25, 0.3) is 5.78 Å². The molecule has 10 heavy (non-hydrogen) atoms. The number of rotatable bonds is 0. The molecule has 2 bridgehead atoms. The van der Waals surface area contributed by atoms with Gasteiger partial charge in [-0.15, -0.1) is 0 Å². The van der Waals surface area contributed by atoms with Crippen LogP contribution < -0.4 is 5.63 Å². The molecule has 0 N–H and O–H groups in total. The summed E-state index contributed by atoms with van der Waals surface area (Å²) in [6, 6.07) is 0.